The van der Waals surface area contributed by atoms with Gasteiger partial charge < -0.3 is 9.42 Å². The molecule has 0 saturated carbocycles. The molecule has 0 aliphatic carbocycles. The van der Waals surface area contributed by atoms with Gasteiger partial charge in [0.15, 0.2) is 0 Å². The Balaban J connectivity index is 1.55. The maximum Gasteiger partial charge on any atom is 0.246 e. The van der Waals surface area contributed by atoms with Gasteiger partial charge in [-0.3, -0.25) is 0 Å². The zero-order valence-electron chi connectivity index (χ0n) is 13.4. The molecule has 0 fully saturated rings. The van der Waals surface area contributed by atoms with Crippen LogP contribution in [0.4, 0.5) is 5.69 Å². The number of aromatic nitrogens is 2. The molecular formula is C20H17N3O. The van der Waals surface area contributed by atoms with Gasteiger partial charge in [-0.05, 0) is 22.9 Å². The lowest BCUT2D eigenvalue weighted by Crippen LogP contribution is -2.16. The summed E-state index contributed by atoms with van der Waals surface area (Å²) in [4.78, 5) is 6.59. The fourth-order valence-electron chi connectivity index (χ4n) is 2.73. The number of hydrogen-bond acceptors (Lipinski definition) is 4. The van der Waals surface area contributed by atoms with Crippen LogP contribution in [-0.2, 0) is 6.54 Å². The molecule has 0 saturated heterocycles. The second-order valence-corrected chi connectivity index (χ2v) is 5.77. The molecular weight excluding hydrogens is 298 g/mol. The summed E-state index contributed by atoms with van der Waals surface area (Å²) in [6.07, 6.45) is 0. The van der Waals surface area contributed by atoms with Crippen molar-refractivity contribution in [1.29, 1.82) is 0 Å². The number of nitrogens with zero attached hydrogens (tertiary/aromatic N) is 3. The van der Waals surface area contributed by atoms with Gasteiger partial charge in [-0.25, -0.2) is 0 Å². The monoisotopic (exact) mass is 315 g/mol. The Morgan fingerprint density at radius 3 is 2.46 bits per heavy atom. The molecule has 1 aromatic heterocycles. The fraction of sp³-hybridized carbons (Fsp3) is 0.100. The third-order valence-electron chi connectivity index (χ3n) is 4.05. The van der Waals surface area contributed by atoms with Crippen LogP contribution in [0, 0.1) is 0 Å². The lowest BCUT2D eigenvalue weighted by molar-refractivity contribution is 0.378. The summed E-state index contributed by atoms with van der Waals surface area (Å²) in [5.41, 5.74) is 2.08. The van der Waals surface area contributed by atoms with Crippen LogP contribution >= 0.6 is 0 Å². The zero-order valence-corrected chi connectivity index (χ0v) is 13.4. The van der Waals surface area contributed by atoms with Crippen LogP contribution in [0.2, 0.25) is 0 Å². The van der Waals surface area contributed by atoms with Crippen LogP contribution in [0.25, 0.3) is 22.2 Å². The van der Waals surface area contributed by atoms with E-state index >= 15 is 0 Å². The van der Waals surface area contributed by atoms with Gasteiger partial charge in [-0.2, -0.15) is 4.98 Å². The predicted octanol–water partition coefficient (Wildman–Crippen LogP) is 4.53. The maximum absolute atomic E-state index is 5.40. The van der Waals surface area contributed by atoms with Crippen LogP contribution < -0.4 is 4.90 Å². The molecule has 118 valence electrons. The highest BCUT2D eigenvalue weighted by Crippen LogP contribution is 2.23. The van der Waals surface area contributed by atoms with Crippen LogP contribution in [0.1, 0.15) is 5.89 Å². The minimum Gasteiger partial charge on any atom is -0.365 e. The number of anilines is 1. The number of hydrogen-bond donors (Lipinski definition) is 0. The van der Waals surface area contributed by atoms with Crippen LogP contribution in [-0.4, -0.2) is 17.2 Å². The highest BCUT2D eigenvalue weighted by atomic mass is 16.5. The van der Waals surface area contributed by atoms with Crippen LogP contribution in [0.3, 0.4) is 0 Å². The van der Waals surface area contributed by atoms with E-state index in [0.717, 1.165) is 11.3 Å². The molecule has 0 unspecified atom stereocenters. The summed E-state index contributed by atoms with van der Waals surface area (Å²) < 4.78 is 5.40. The van der Waals surface area contributed by atoms with E-state index in [4.69, 9.17) is 4.52 Å². The highest BCUT2D eigenvalue weighted by Gasteiger charge is 2.11. The summed E-state index contributed by atoms with van der Waals surface area (Å²) in [7, 11) is 2.02. The van der Waals surface area contributed by atoms with Crippen molar-refractivity contribution < 1.29 is 4.52 Å². The van der Waals surface area contributed by atoms with E-state index < -0.39 is 0 Å². The van der Waals surface area contributed by atoms with Crippen molar-refractivity contribution in [2.24, 2.45) is 0 Å². The molecule has 4 nitrogen and oxygen atoms in total. The number of rotatable bonds is 4. The van der Waals surface area contributed by atoms with Gasteiger partial charge in [0.05, 0.1) is 6.54 Å². The first kappa shape index (κ1) is 14.5. The predicted molar refractivity (Wildman–Crippen MR) is 95.8 cm³/mol. The summed E-state index contributed by atoms with van der Waals surface area (Å²) in [5, 5.41) is 6.53. The Morgan fingerprint density at radius 1 is 0.875 bits per heavy atom. The molecule has 0 atom stereocenters. The van der Waals surface area contributed by atoms with E-state index in [-0.39, 0.29) is 0 Å². The maximum atomic E-state index is 5.40. The Hall–Kier alpha value is -3.14. The first-order valence-corrected chi connectivity index (χ1v) is 7.87. The van der Waals surface area contributed by atoms with Crippen molar-refractivity contribution in [3.05, 3.63) is 78.7 Å². The largest absolute Gasteiger partial charge is 0.365 e. The van der Waals surface area contributed by atoms with E-state index in [9.17, 15) is 0 Å². The second-order valence-electron chi connectivity index (χ2n) is 5.77. The van der Waals surface area contributed by atoms with Crippen molar-refractivity contribution in [3.8, 4) is 11.4 Å². The van der Waals surface area contributed by atoms with E-state index in [2.05, 4.69) is 57.5 Å². The molecule has 24 heavy (non-hydrogen) atoms. The summed E-state index contributed by atoms with van der Waals surface area (Å²) in [6, 6.07) is 24.6. The summed E-state index contributed by atoms with van der Waals surface area (Å²) in [5.74, 6) is 1.22. The molecule has 0 N–H and O–H groups in total. The Kier molecular flexibility index (Phi) is 3.71. The van der Waals surface area contributed by atoms with Gasteiger partial charge in [0.1, 0.15) is 0 Å². The molecule has 0 amide bonds. The number of fused-ring (bicyclic) bond motifs is 1. The van der Waals surface area contributed by atoms with E-state index in [1.165, 1.54) is 10.8 Å². The minimum absolute atomic E-state index is 0.568. The van der Waals surface area contributed by atoms with Gasteiger partial charge in [0.25, 0.3) is 0 Å². The van der Waals surface area contributed by atoms with Crippen molar-refractivity contribution in [1.82, 2.24) is 10.1 Å². The number of benzene rings is 3. The average Bonchev–Trinajstić information content (AvgIpc) is 3.10. The van der Waals surface area contributed by atoms with Gasteiger partial charge in [0.2, 0.25) is 11.7 Å². The van der Waals surface area contributed by atoms with Crippen LogP contribution in [0.15, 0.2) is 77.3 Å². The lowest BCUT2D eigenvalue weighted by Gasteiger charge is -2.17. The van der Waals surface area contributed by atoms with Crippen molar-refractivity contribution >= 4 is 16.5 Å². The highest BCUT2D eigenvalue weighted by molar-refractivity contribution is 5.85. The average molecular weight is 315 g/mol. The first-order chi connectivity index (χ1) is 11.8. The van der Waals surface area contributed by atoms with E-state index in [1.807, 2.05) is 37.4 Å². The quantitative estimate of drug-likeness (QED) is 0.555. The molecule has 0 aliphatic rings. The molecule has 1 heterocycles. The zero-order chi connectivity index (χ0) is 16.4. The third-order valence-corrected chi connectivity index (χ3v) is 4.05. The summed E-state index contributed by atoms with van der Waals surface area (Å²) in [6.45, 7) is 0.568. The van der Waals surface area contributed by atoms with Crippen molar-refractivity contribution in [3.63, 3.8) is 0 Å². The Bertz CT molecular complexity index is 963. The standard InChI is InChI=1S/C20H17N3O/c1-23(18-12-11-15-7-5-6-10-17(15)13-18)14-19-21-20(22-24-19)16-8-3-2-4-9-16/h2-13H,14H2,1H3. The second kappa shape index (κ2) is 6.16. The fourth-order valence-corrected chi connectivity index (χ4v) is 2.73. The van der Waals surface area contributed by atoms with Gasteiger partial charge >= 0.3 is 0 Å². The topological polar surface area (TPSA) is 42.2 Å². The Labute approximate surface area is 140 Å². The van der Waals surface area contributed by atoms with Crippen molar-refractivity contribution in [2.75, 3.05) is 11.9 Å². The first-order valence-electron chi connectivity index (χ1n) is 7.87. The molecule has 4 aromatic rings. The third kappa shape index (κ3) is 2.86. The smallest absolute Gasteiger partial charge is 0.246 e. The molecule has 3 aromatic carbocycles. The van der Waals surface area contributed by atoms with Crippen molar-refractivity contribution in [2.45, 2.75) is 6.54 Å². The molecule has 4 rings (SSSR count). The molecule has 0 spiro atoms. The molecule has 0 aliphatic heterocycles. The van der Waals surface area contributed by atoms with E-state index in [1.54, 1.807) is 0 Å². The molecule has 0 radical (unpaired) electrons. The lowest BCUT2D eigenvalue weighted by atomic mass is 10.1. The SMILES string of the molecule is CN(Cc1nc(-c2ccccc2)no1)c1ccc2ccccc2c1. The Morgan fingerprint density at radius 2 is 1.62 bits per heavy atom. The molecule has 0 bridgehead atoms. The van der Waals surface area contributed by atoms with Crippen LogP contribution in [0.5, 0.6) is 0 Å². The summed E-state index contributed by atoms with van der Waals surface area (Å²) >= 11 is 0. The minimum atomic E-state index is 0.568. The van der Waals surface area contributed by atoms with E-state index in [0.29, 0.717) is 18.3 Å². The van der Waals surface area contributed by atoms with Gasteiger partial charge in [-0.1, -0.05) is 65.8 Å². The van der Waals surface area contributed by atoms with Gasteiger partial charge in [-0.15, -0.1) is 0 Å². The molecule has 4 heteroatoms. The normalized spacial score (nSPS) is 10.9. The van der Waals surface area contributed by atoms with Gasteiger partial charge in [0, 0.05) is 18.3 Å².